The standard InChI is InChI=1S/C14H14N2O2S/c1-3-19-14-15-8-11(13(17)18)12(16-14)10-6-4-9(2)5-7-10/h4-8H,3H2,1-2H3,(H,17,18). The van der Waals surface area contributed by atoms with Crippen molar-refractivity contribution in [1.29, 1.82) is 0 Å². The van der Waals surface area contributed by atoms with E-state index in [1.165, 1.54) is 18.0 Å². The number of benzene rings is 1. The molecule has 0 spiro atoms. The van der Waals surface area contributed by atoms with Crippen molar-refractivity contribution < 1.29 is 9.90 Å². The lowest BCUT2D eigenvalue weighted by Crippen LogP contribution is -2.04. The molecule has 4 nitrogen and oxygen atoms in total. The first-order valence-electron chi connectivity index (χ1n) is 5.92. The van der Waals surface area contributed by atoms with Crippen molar-refractivity contribution in [2.45, 2.75) is 19.0 Å². The van der Waals surface area contributed by atoms with E-state index < -0.39 is 5.97 Å². The highest BCUT2D eigenvalue weighted by molar-refractivity contribution is 7.99. The molecule has 1 N–H and O–H groups in total. The van der Waals surface area contributed by atoms with Crippen molar-refractivity contribution in [3.63, 3.8) is 0 Å². The Morgan fingerprint density at radius 3 is 2.58 bits per heavy atom. The zero-order valence-corrected chi connectivity index (χ0v) is 11.6. The molecule has 0 aliphatic rings. The Balaban J connectivity index is 2.54. The Kier molecular flexibility index (Phi) is 4.16. The molecular weight excluding hydrogens is 260 g/mol. The molecule has 2 rings (SSSR count). The van der Waals surface area contributed by atoms with Gasteiger partial charge in [0.2, 0.25) is 0 Å². The van der Waals surface area contributed by atoms with Gasteiger partial charge in [-0.3, -0.25) is 0 Å². The van der Waals surface area contributed by atoms with Crippen LogP contribution in [-0.4, -0.2) is 26.8 Å². The van der Waals surface area contributed by atoms with Gasteiger partial charge < -0.3 is 5.11 Å². The molecule has 0 atom stereocenters. The van der Waals surface area contributed by atoms with Gasteiger partial charge in [0.15, 0.2) is 5.16 Å². The molecule has 5 heteroatoms. The fourth-order valence-electron chi connectivity index (χ4n) is 1.65. The van der Waals surface area contributed by atoms with Gasteiger partial charge in [0.05, 0.1) is 5.69 Å². The summed E-state index contributed by atoms with van der Waals surface area (Å²) in [5, 5.41) is 9.82. The smallest absolute Gasteiger partial charge is 0.339 e. The Morgan fingerprint density at radius 1 is 1.32 bits per heavy atom. The number of aryl methyl sites for hydroxylation is 1. The normalized spacial score (nSPS) is 10.4. The SMILES string of the molecule is CCSc1ncc(C(=O)O)c(-c2ccc(C)cc2)n1. The highest BCUT2D eigenvalue weighted by atomic mass is 32.2. The number of carboxylic acids is 1. The maximum absolute atomic E-state index is 11.2. The summed E-state index contributed by atoms with van der Waals surface area (Å²) >= 11 is 1.49. The van der Waals surface area contributed by atoms with Crippen molar-refractivity contribution in [2.24, 2.45) is 0 Å². The molecule has 1 heterocycles. The van der Waals surface area contributed by atoms with E-state index in [9.17, 15) is 9.90 Å². The van der Waals surface area contributed by atoms with Crippen LogP contribution in [0.4, 0.5) is 0 Å². The molecule has 0 aliphatic carbocycles. The molecule has 0 amide bonds. The Hall–Kier alpha value is -1.88. The third kappa shape index (κ3) is 3.12. The molecule has 0 saturated carbocycles. The molecule has 2 aromatic rings. The van der Waals surface area contributed by atoms with Gasteiger partial charge in [0.25, 0.3) is 0 Å². The van der Waals surface area contributed by atoms with E-state index in [0.717, 1.165) is 16.9 Å². The highest BCUT2D eigenvalue weighted by Gasteiger charge is 2.15. The lowest BCUT2D eigenvalue weighted by Gasteiger charge is -2.07. The van der Waals surface area contributed by atoms with E-state index in [1.807, 2.05) is 38.1 Å². The topological polar surface area (TPSA) is 63.1 Å². The number of thioether (sulfide) groups is 1. The lowest BCUT2D eigenvalue weighted by molar-refractivity contribution is 0.0696. The van der Waals surface area contributed by atoms with Crippen LogP contribution in [0.5, 0.6) is 0 Å². The van der Waals surface area contributed by atoms with E-state index in [4.69, 9.17) is 0 Å². The molecule has 1 aromatic heterocycles. The average molecular weight is 274 g/mol. The third-order valence-electron chi connectivity index (χ3n) is 2.60. The number of aromatic carboxylic acids is 1. The molecule has 0 aliphatic heterocycles. The number of hydrogen-bond acceptors (Lipinski definition) is 4. The first kappa shape index (κ1) is 13.5. The molecule has 19 heavy (non-hydrogen) atoms. The molecule has 0 radical (unpaired) electrons. The minimum Gasteiger partial charge on any atom is -0.478 e. The molecule has 98 valence electrons. The summed E-state index contributed by atoms with van der Waals surface area (Å²) in [7, 11) is 0. The van der Waals surface area contributed by atoms with Crippen LogP contribution in [0.2, 0.25) is 0 Å². The number of rotatable bonds is 4. The number of hydrogen-bond donors (Lipinski definition) is 1. The number of nitrogens with zero attached hydrogens (tertiary/aromatic N) is 2. The van der Waals surface area contributed by atoms with Gasteiger partial charge >= 0.3 is 5.97 Å². The summed E-state index contributed by atoms with van der Waals surface area (Å²) in [5.74, 6) is -0.164. The monoisotopic (exact) mass is 274 g/mol. The number of carboxylic acid groups (broad SMARTS) is 1. The minimum atomic E-state index is -1.01. The maximum Gasteiger partial charge on any atom is 0.339 e. The fraction of sp³-hybridized carbons (Fsp3) is 0.214. The third-order valence-corrected chi connectivity index (χ3v) is 3.34. The van der Waals surface area contributed by atoms with Gasteiger partial charge in [-0.25, -0.2) is 14.8 Å². The summed E-state index contributed by atoms with van der Waals surface area (Å²) in [5.41, 5.74) is 2.52. The van der Waals surface area contributed by atoms with Crippen molar-refractivity contribution in [3.8, 4) is 11.3 Å². The summed E-state index contributed by atoms with van der Waals surface area (Å²) in [6.45, 7) is 3.99. The van der Waals surface area contributed by atoms with Crippen LogP contribution < -0.4 is 0 Å². The molecule has 0 bridgehead atoms. The second kappa shape index (κ2) is 5.84. The zero-order chi connectivity index (χ0) is 13.8. The maximum atomic E-state index is 11.2. The lowest BCUT2D eigenvalue weighted by atomic mass is 10.1. The molecule has 1 aromatic carbocycles. The molecular formula is C14H14N2O2S. The van der Waals surface area contributed by atoms with Crippen molar-refractivity contribution in [1.82, 2.24) is 9.97 Å². The Morgan fingerprint density at radius 2 is 2.00 bits per heavy atom. The number of carbonyl (C=O) groups is 1. The van der Waals surface area contributed by atoms with Crippen LogP contribution >= 0.6 is 11.8 Å². The van der Waals surface area contributed by atoms with E-state index in [2.05, 4.69) is 9.97 Å². The predicted octanol–water partition coefficient (Wildman–Crippen LogP) is 3.26. The summed E-state index contributed by atoms with van der Waals surface area (Å²) in [4.78, 5) is 19.7. The van der Waals surface area contributed by atoms with Gasteiger partial charge in [0.1, 0.15) is 5.56 Å². The van der Waals surface area contributed by atoms with Gasteiger partial charge in [-0.1, -0.05) is 48.5 Å². The van der Waals surface area contributed by atoms with E-state index in [1.54, 1.807) is 0 Å². The molecule has 0 fully saturated rings. The van der Waals surface area contributed by atoms with E-state index >= 15 is 0 Å². The van der Waals surface area contributed by atoms with Gasteiger partial charge in [-0.2, -0.15) is 0 Å². The first-order chi connectivity index (χ1) is 9.11. The van der Waals surface area contributed by atoms with Gasteiger partial charge in [-0.15, -0.1) is 0 Å². The van der Waals surface area contributed by atoms with Crippen molar-refractivity contribution >= 4 is 17.7 Å². The van der Waals surface area contributed by atoms with Gasteiger partial charge in [-0.05, 0) is 12.7 Å². The fourth-order valence-corrected chi connectivity index (χ4v) is 2.19. The Labute approximate surface area is 115 Å². The Bertz CT molecular complexity index is 597. The predicted molar refractivity (Wildman–Crippen MR) is 75.6 cm³/mol. The summed E-state index contributed by atoms with van der Waals surface area (Å²) in [6, 6.07) is 7.64. The van der Waals surface area contributed by atoms with Crippen LogP contribution in [-0.2, 0) is 0 Å². The van der Waals surface area contributed by atoms with Crippen molar-refractivity contribution in [3.05, 3.63) is 41.6 Å². The quantitative estimate of drug-likeness (QED) is 0.685. The van der Waals surface area contributed by atoms with Crippen LogP contribution in [0, 0.1) is 6.92 Å². The van der Waals surface area contributed by atoms with E-state index in [-0.39, 0.29) is 5.56 Å². The number of aromatic nitrogens is 2. The molecule has 0 saturated heterocycles. The van der Waals surface area contributed by atoms with Crippen LogP contribution in [0.1, 0.15) is 22.8 Å². The van der Waals surface area contributed by atoms with Crippen LogP contribution in [0.3, 0.4) is 0 Å². The highest BCUT2D eigenvalue weighted by Crippen LogP contribution is 2.24. The first-order valence-corrected chi connectivity index (χ1v) is 6.90. The van der Waals surface area contributed by atoms with Crippen LogP contribution in [0.25, 0.3) is 11.3 Å². The minimum absolute atomic E-state index is 0.129. The van der Waals surface area contributed by atoms with Crippen molar-refractivity contribution in [2.75, 3.05) is 5.75 Å². The second-order valence-corrected chi connectivity index (χ2v) is 5.25. The van der Waals surface area contributed by atoms with Crippen LogP contribution in [0.15, 0.2) is 35.6 Å². The second-order valence-electron chi connectivity index (χ2n) is 4.02. The summed E-state index contributed by atoms with van der Waals surface area (Å²) < 4.78 is 0. The zero-order valence-electron chi connectivity index (χ0n) is 10.8. The molecule has 0 unspecified atom stereocenters. The summed E-state index contributed by atoms with van der Waals surface area (Å²) in [6.07, 6.45) is 1.38. The largest absolute Gasteiger partial charge is 0.478 e. The van der Waals surface area contributed by atoms with Gasteiger partial charge in [0, 0.05) is 11.8 Å². The average Bonchev–Trinajstić information content (AvgIpc) is 2.39. The van der Waals surface area contributed by atoms with E-state index in [0.29, 0.717) is 10.9 Å².